The van der Waals surface area contributed by atoms with Gasteiger partial charge in [0.25, 0.3) is 0 Å². The fraction of sp³-hybridized carbons (Fsp3) is 1.00. The predicted octanol–water partition coefficient (Wildman–Crippen LogP) is 1.11. The molecule has 0 aromatic rings. The van der Waals surface area contributed by atoms with Gasteiger partial charge in [-0.3, -0.25) is 0 Å². The molecule has 1 heterocycles. The molecule has 0 unspecified atom stereocenters. The molecule has 0 bridgehead atoms. The predicted molar refractivity (Wildman–Crippen MR) is 62.6 cm³/mol. The van der Waals surface area contributed by atoms with Gasteiger partial charge < -0.3 is 5.11 Å². The highest BCUT2D eigenvalue weighted by molar-refractivity contribution is 7.89. The van der Waals surface area contributed by atoms with E-state index in [1.807, 2.05) is 0 Å². The topological polar surface area (TPSA) is 57.6 Å². The van der Waals surface area contributed by atoms with Gasteiger partial charge in [0.15, 0.2) is 0 Å². The zero-order valence-electron chi connectivity index (χ0n) is 9.69. The van der Waals surface area contributed by atoms with Crippen LogP contribution in [0.25, 0.3) is 0 Å². The molecule has 94 valence electrons. The van der Waals surface area contributed by atoms with E-state index in [-0.39, 0.29) is 5.75 Å². The van der Waals surface area contributed by atoms with Crippen LogP contribution in [0.5, 0.6) is 0 Å². The van der Waals surface area contributed by atoms with E-state index in [2.05, 4.69) is 0 Å². The molecule has 4 nitrogen and oxygen atoms in total. The van der Waals surface area contributed by atoms with E-state index >= 15 is 0 Å². The summed E-state index contributed by atoms with van der Waals surface area (Å²) >= 11 is 0. The molecule has 1 saturated carbocycles. The minimum atomic E-state index is -3.06. The van der Waals surface area contributed by atoms with Gasteiger partial charge in [0.05, 0.1) is 11.4 Å². The summed E-state index contributed by atoms with van der Waals surface area (Å²) in [7, 11) is -3.06. The van der Waals surface area contributed by atoms with Crippen LogP contribution in [0, 0.1) is 0 Å². The van der Waals surface area contributed by atoms with Gasteiger partial charge in [0, 0.05) is 13.1 Å². The van der Waals surface area contributed by atoms with Gasteiger partial charge in [-0.15, -0.1) is 0 Å². The van der Waals surface area contributed by atoms with Gasteiger partial charge in [0.1, 0.15) is 0 Å². The third kappa shape index (κ3) is 2.76. The quantitative estimate of drug-likeness (QED) is 0.744. The van der Waals surface area contributed by atoms with E-state index in [9.17, 15) is 13.5 Å². The van der Waals surface area contributed by atoms with Gasteiger partial charge in [-0.1, -0.05) is 25.7 Å². The molecule has 0 atom stereocenters. The Morgan fingerprint density at radius 1 is 1.06 bits per heavy atom. The second-order valence-electron chi connectivity index (χ2n) is 5.14. The van der Waals surface area contributed by atoms with Crippen LogP contribution in [-0.2, 0) is 10.0 Å². The number of β-amino-alcohol motifs (C(OH)–C–C–N with tert-alkyl or cyclic N) is 1. The molecule has 1 saturated heterocycles. The molecular weight excluding hydrogens is 226 g/mol. The Labute approximate surface area is 97.7 Å². The van der Waals surface area contributed by atoms with Crippen molar-refractivity contribution < 1.29 is 13.5 Å². The van der Waals surface area contributed by atoms with Crippen molar-refractivity contribution in [3.63, 3.8) is 0 Å². The highest BCUT2D eigenvalue weighted by atomic mass is 32.2. The van der Waals surface area contributed by atoms with Crippen molar-refractivity contribution in [3.05, 3.63) is 0 Å². The average Bonchev–Trinajstić information content (AvgIpc) is 2.42. The van der Waals surface area contributed by atoms with Crippen molar-refractivity contribution in [2.75, 3.05) is 18.8 Å². The van der Waals surface area contributed by atoms with Crippen molar-refractivity contribution in [3.8, 4) is 0 Å². The van der Waals surface area contributed by atoms with Crippen LogP contribution in [0.4, 0.5) is 0 Å². The summed E-state index contributed by atoms with van der Waals surface area (Å²) in [5.41, 5.74) is -0.770. The summed E-state index contributed by atoms with van der Waals surface area (Å²) in [4.78, 5) is 0. The molecule has 0 amide bonds. The SMILES string of the molecule is O=S1(=O)CCCN1CC1(O)CCCCCC1. The van der Waals surface area contributed by atoms with Crippen LogP contribution in [-0.4, -0.2) is 42.3 Å². The summed E-state index contributed by atoms with van der Waals surface area (Å²) in [5, 5.41) is 10.4. The fourth-order valence-corrected chi connectivity index (χ4v) is 4.34. The van der Waals surface area contributed by atoms with E-state index < -0.39 is 15.6 Å². The average molecular weight is 247 g/mol. The lowest BCUT2D eigenvalue weighted by atomic mass is 9.94. The van der Waals surface area contributed by atoms with Crippen LogP contribution in [0.3, 0.4) is 0 Å². The first-order chi connectivity index (χ1) is 7.52. The van der Waals surface area contributed by atoms with Gasteiger partial charge in [-0.2, -0.15) is 4.31 Å². The van der Waals surface area contributed by atoms with E-state index in [1.165, 1.54) is 4.31 Å². The second-order valence-corrected chi connectivity index (χ2v) is 7.23. The number of aliphatic hydroxyl groups is 1. The van der Waals surface area contributed by atoms with Gasteiger partial charge in [0.2, 0.25) is 10.0 Å². The van der Waals surface area contributed by atoms with Gasteiger partial charge in [-0.05, 0) is 19.3 Å². The van der Waals surface area contributed by atoms with Crippen LogP contribution in [0.2, 0.25) is 0 Å². The standard InChI is InChI=1S/C11H21NO3S/c13-11(6-3-1-2-4-7-11)10-12-8-5-9-16(12,14)15/h13H,1-10H2. The normalized spacial score (nSPS) is 30.1. The zero-order chi connectivity index (χ0) is 11.6. The first-order valence-corrected chi connectivity index (χ1v) is 7.83. The first-order valence-electron chi connectivity index (χ1n) is 6.22. The van der Waals surface area contributed by atoms with E-state index in [4.69, 9.17) is 0 Å². The molecule has 1 N–H and O–H groups in total. The van der Waals surface area contributed by atoms with Crippen molar-refractivity contribution in [2.45, 2.75) is 50.5 Å². The Morgan fingerprint density at radius 2 is 1.69 bits per heavy atom. The molecule has 0 aromatic heterocycles. The number of rotatable bonds is 2. The highest BCUT2D eigenvalue weighted by Crippen LogP contribution is 2.29. The third-order valence-corrected chi connectivity index (χ3v) is 5.61. The molecular formula is C11H21NO3S. The summed E-state index contributed by atoms with van der Waals surface area (Å²) < 4.78 is 24.8. The van der Waals surface area contributed by atoms with Crippen molar-refractivity contribution in [2.24, 2.45) is 0 Å². The lowest BCUT2D eigenvalue weighted by Gasteiger charge is -2.30. The molecule has 0 spiro atoms. The summed E-state index contributed by atoms with van der Waals surface area (Å²) in [6.45, 7) is 0.903. The summed E-state index contributed by atoms with van der Waals surface area (Å²) in [6.07, 6.45) is 6.56. The zero-order valence-corrected chi connectivity index (χ0v) is 10.5. The molecule has 0 aromatic carbocycles. The number of hydrogen-bond acceptors (Lipinski definition) is 3. The lowest BCUT2D eigenvalue weighted by Crippen LogP contribution is -2.43. The molecule has 1 aliphatic heterocycles. The van der Waals surface area contributed by atoms with Crippen LogP contribution < -0.4 is 0 Å². The number of sulfonamides is 1. The molecule has 16 heavy (non-hydrogen) atoms. The van der Waals surface area contributed by atoms with Crippen molar-refractivity contribution in [1.29, 1.82) is 0 Å². The lowest BCUT2D eigenvalue weighted by molar-refractivity contribution is 0.00969. The fourth-order valence-electron chi connectivity index (χ4n) is 2.74. The number of hydrogen-bond donors (Lipinski definition) is 1. The van der Waals surface area contributed by atoms with E-state index in [1.54, 1.807) is 0 Å². The third-order valence-electron chi connectivity index (χ3n) is 3.71. The minimum absolute atomic E-state index is 0.253. The number of nitrogens with zero attached hydrogens (tertiary/aromatic N) is 1. The van der Waals surface area contributed by atoms with Crippen LogP contribution >= 0.6 is 0 Å². The Morgan fingerprint density at radius 3 is 2.19 bits per heavy atom. The molecule has 0 radical (unpaired) electrons. The maximum atomic E-state index is 11.7. The highest BCUT2D eigenvalue weighted by Gasteiger charge is 2.37. The summed E-state index contributed by atoms with van der Waals surface area (Å²) in [5.74, 6) is 0.253. The van der Waals surface area contributed by atoms with Crippen molar-refractivity contribution in [1.82, 2.24) is 4.31 Å². The van der Waals surface area contributed by atoms with E-state index in [0.717, 1.165) is 38.5 Å². The molecule has 2 fully saturated rings. The maximum absolute atomic E-state index is 11.7. The Hall–Kier alpha value is -0.130. The van der Waals surface area contributed by atoms with Crippen LogP contribution in [0.15, 0.2) is 0 Å². The van der Waals surface area contributed by atoms with E-state index in [0.29, 0.717) is 19.5 Å². The molecule has 2 rings (SSSR count). The second kappa shape index (κ2) is 4.63. The maximum Gasteiger partial charge on any atom is 0.214 e. The summed E-state index contributed by atoms with van der Waals surface area (Å²) in [6, 6.07) is 0. The Kier molecular flexibility index (Phi) is 3.56. The largest absolute Gasteiger partial charge is 0.389 e. The molecule has 5 heteroatoms. The Bertz CT molecular complexity index is 331. The van der Waals surface area contributed by atoms with Crippen molar-refractivity contribution >= 4 is 10.0 Å². The van der Waals surface area contributed by atoms with Crippen LogP contribution in [0.1, 0.15) is 44.9 Å². The monoisotopic (exact) mass is 247 g/mol. The smallest absolute Gasteiger partial charge is 0.214 e. The minimum Gasteiger partial charge on any atom is -0.389 e. The molecule has 1 aliphatic carbocycles. The van der Waals surface area contributed by atoms with Gasteiger partial charge in [-0.25, -0.2) is 8.42 Å². The molecule has 2 aliphatic rings. The van der Waals surface area contributed by atoms with Gasteiger partial charge >= 0.3 is 0 Å². The Balaban J connectivity index is 2.02. The first kappa shape index (κ1) is 12.3.